The quantitative estimate of drug-likeness (QED) is 0.803. The molecule has 1 aromatic carbocycles. The Bertz CT molecular complexity index is 497. The van der Waals surface area contributed by atoms with Crippen molar-refractivity contribution in [3.8, 4) is 5.75 Å². The van der Waals surface area contributed by atoms with Gasteiger partial charge >= 0.3 is 0 Å². The molecule has 1 aromatic heterocycles. The molecule has 3 heteroatoms. The number of ether oxygens (including phenoxy) is 1. The molecule has 0 radical (unpaired) electrons. The molecule has 90 valence electrons. The Morgan fingerprint density at radius 3 is 2.88 bits per heavy atom. The molecule has 0 aliphatic heterocycles. The van der Waals surface area contributed by atoms with Crippen molar-refractivity contribution in [2.75, 3.05) is 13.7 Å². The van der Waals surface area contributed by atoms with Gasteiger partial charge in [0.15, 0.2) is 0 Å². The summed E-state index contributed by atoms with van der Waals surface area (Å²) in [5, 5.41) is 1.21. The molecule has 3 nitrogen and oxygen atoms in total. The molecule has 1 heterocycles. The molecule has 0 saturated heterocycles. The summed E-state index contributed by atoms with van der Waals surface area (Å²) in [5.41, 5.74) is 7.85. The number of aryl methyl sites for hydroxylation is 1. The Kier molecular flexibility index (Phi) is 3.94. The molecule has 17 heavy (non-hydrogen) atoms. The maximum atomic E-state index is 5.51. The highest BCUT2D eigenvalue weighted by Gasteiger charge is 2.03. The number of methoxy groups -OCH3 is 1. The van der Waals surface area contributed by atoms with Crippen LogP contribution in [-0.4, -0.2) is 18.6 Å². The van der Waals surface area contributed by atoms with Gasteiger partial charge in [0, 0.05) is 17.6 Å². The van der Waals surface area contributed by atoms with E-state index in [4.69, 9.17) is 10.5 Å². The number of pyridine rings is 1. The summed E-state index contributed by atoms with van der Waals surface area (Å²) < 4.78 is 5.20. The summed E-state index contributed by atoms with van der Waals surface area (Å²) >= 11 is 0. The third kappa shape index (κ3) is 2.74. The molecule has 0 unspecified atom stereocenters. The molecule has 0 saturated carbocycles. The van der Waals surface area contributed by atoms with Crippen LogP contribution in [0.5, 0.6) is 5.75 Å². The molecule has 0 aliphatic rings. The van der Waals surface area contributed by atoms with Gasteiger partial charge in [-0.15, -0.1) is 0 Å². The van der Waals surface area contributed by atoms with E-state index in [2.05, 4.69) is 17.1 Å². The first-order chi connectivity index (χ1) is 8.35. The average Bonchev–Trinajstić information content (AvgIpc) is 2.38. The second-order valence-electron chi connectivity index (χ2n) is 4.10. The third-order valence-electron chi connectivity index (χ3n) is 2.94. The van der Waals surface area contributed by atoms with Crippen molar-refractivity contribution in [3.63, 3.8) is 0 Å². The van der Waals surface area contributed by atoms with Crippen LogP contribution >= 0.6 is 0 Å². The van der Waals surface area contributed by atoms with Crippen molar-refractivity contribution < 1.29 is 4.74 Å². The predicted octanol–water partition coefficient (Wildman–Crippen LogP) is 2.52. The van der Waals surface area contributed by atoms with Gasteiger partial charge < -0.3 is 10.5 Å². The van der Waals surface area contributed by atoms with Crippen LogP contribution in [0.4, 0.5) is 0 Å². The van der Waals surface area contributed by atoms with E-state index in [1.807, 2.05) is 18.3 Å². The van der Waals surface area contributed by atoms with Crippen LogP contribution in [-0.2, 0) is 6.42 Å². The summed E-state index contributed by atoms with van der Waals surface area (Å²) in [4.78, 5) is 4.37. The third-order valence-corrected chi connectivity index (χ3v) is 2.94. The molecule has 0 amide bonds. The van der Waals surface area contributed by atoms with Crippen LogP contribution in [0, 0.1) is 0 Å². The lowest BCUT2D eigenvalue weighted by Gasteiger charge is -2.07. The van der Waals surface area contributed by atoms with Crippen LogP contribution < -0.4 is 10.5 Å². The van der Waals surface area contributed by atoms with Gasteiger partial charge in [0.2, 0.25) is 0 Å². The van der Waals surface area contributed by atoms with Gasteiger partial charge in [-0.25, -0.2) is 0 Å². The number of hydrogen-bond acceptors (Lipinski definition) is 3. The number of benzene rings is 1. The highest BCUT2D eigenvalue weighted by atomic mass is 16.5. The summed E-state index contributed by atoms with van der Waals surface area (Å²) in [5.74, 6) is 0.851. The minimum Gasteiger partial charge on any atom is -0.497 e. The molecule has 0 bridgehead atoms. The van der Waals surface area contributed by atoms with Crippen LogP contribution in [0.3, 0.4) is 0 Å². The minimum atomic E-state index is 0.761. The molecular formula is C14H18N2O. The second-order valence-corrected chi connectivity index (χ2v) is 4.10. The minimum absolute atomic E-state index is 0.761. The van der Waals surface area contributed by atoms with Gasteiger partial charge in [0.05, 0.1) is 12.6 Å². The van der Waals surface area contributed by atoms with E-state index >= 15 is 0 Å². The monoisotopic (exact) mass is 230 g/mol. The lowest BCUT2D eigenvalue weighted by Crippen LogP contribution is -1.99. The molecule has 2 N–H and O–H groups in total. The zero-order valence-electron chi connectivity index (χ0n) is 10.1. The van der Waals surface area contributed by atoms with E-state index < -0.39 is 0 Å². The van der Waals surface area contributed by atoms with Crippen LogP contribution in [0.1, 0.15) is 18.4 Å². The Morgan fingerprint density at radius 2 is 2.12 bits per heavy atom. The van der Waals surface area contributed by atoms with Crippen LogP contribution in [0.15, 0.2) is 30.5 Å². The Hall–Kier alpha value is -1.61. The fourth-order valence-electron chi connectivity index (χ4n) is 1.99. The summed E-state index contributed by atoms with van der Waals surface area (Å²) in [6.07, 6.45) is 5.11. The van der Waals surface area contributed by atoms with Gasteiger partial charge in [-0.1, -0.05) is 0 Å². The van der Waals surface area contributed by atoms with E-state index in [1.165, 1.54) is 10.9 Å². The average molecular weight is 230 g/mol. The van der Waals surface area contributed by atoms with Crippen molar-refractivity contribution in [3.05, 3.63) is 36.0 Å². The zero-order valence-corrected chi connectivity index (χ0v) is 10.1. The fraction of sp³-hybridized carbons (Fsp3) is 0.357. The smallest absolute Gasteiger partial charge is 0.121 e. The van der Waals surface area contributed by atoms with E-state index in [-0.39, 0.29) is 0 Å². The van der Waals surface area contributed by atoms with Crippen LogP contribution in [0.2, 0.25) is 0 Å². The molecule has 2 aromatic rings. The maximum absolute atomic E-state index is 5.51. The Labute approximate surface area is 102 Å². The molecule has 2 rings (SSSR count). The number of fused-ring (bicyclic) bond motifs is 1. The number of unbranched alkanes of at least 4 members (excludes halogenated alkanes) is 1. The number of aromatic nitrogens is 1. The summed E-state index contributed by atoms with van der Waals surface area (Å²) in [6, 6.07) is 8.13. The first-order valence-corrected chi connectivity index (χ1v) is 5.97. The van der Waals surface area contributed by atoms with E-state index in [0.29, 0.717) is 0 Å². The van der Waals surface area contributed by atoms with E-state index in [1.54, 1.807) is 7.11 Å². The lowest BCUT2D eigenvalue weighted by atomic mass is 10.0. The predicted molar refractivity (Wildman–Crippen MR) is 70.3 cm³/mol. The van der Waals surface area contributed by atoms with Crippen molar-refractivity contribution >= 4 is 10.9 Å². The number of nitrogens with zero attached hydrogens (tertiary/aromatic N) is 1. The molecular weight excluding hydrogens is 212 g/mol. The maximum Gasteiger partial charge on any atom is 0.121 e. The Balaban J connectivity index is 2.30. The van der Waals surface area contributed by atoms with Gasteiger partial charge in [0.1, 0.15) is 5.75 Å². The van der Waals surface area contributed by atoms with Crippen molar-refractivity contribution in [1.82, 2.24) is 4.98 Å². The SMILES string of the molecule is COc1ccc2c(CCCCN)ccnc2c1. The Morgan fingerprint density at radius 1 is 1.24 bits per heavy atom. The number of nitrogens with two attached hydrogens (primary N) is 1. The fourth-order valence-corrected chi connectivity index (χ4v) is 1.99. The molecule has 0 aliphatic carbocycles. The zero-order chi connectivity index (χ0) is 12.1. The van der Waals surface area contributed by atoms with E-state index in [0.717, 1.165) is 37.1 Å². The molecule has 0 atom stereocenters. The standard InChI is InChI=1S/C14H18N2O/c1-17-12-5-6-13-11(4-2-3-8-15)7-9-16-14(13)10-12/h5-7,9-10H,2-4,8,15H2,1H3. The number of hydrogen-bond donors (Lipinski definition) is 1. The summed E-state index contributed by atoms with van der Waals surface area (Å²) in [6.45, 7) is 0.761. The first-order valence-electron chi connectivity index (χ1n) is 5.97. The number of rotatable bonds is 5. The van der Waals surface area contributed by atoms with Gasteiger partial charge in [-0.05, 0) is 49.6 Å². The first kappa shape index (κ1) is 11.9. The van der Waals surface area contributed by atoms with E-state index in [9.17, 15) is 0 Å². The normalized spacial score (nSPS) is 10.7. The van der Waals surface area contributed by atoms with Gasteiger partial charge in [-0.3, -0.25) is 4.98 Å². The topological polar surface area (TPSA) is 48.1 Å². The lowest BCUT2D eigenvalue weighted by molar-refractivity contribution is 0.415. The second kappa shape index (κ2) is 5.64. The summed E-state index contributed by atoms with van der Waals surface area (Å²) in [7, 11) is 1.67. The van der Waals surface area contributed by atoms with Gasteiger partial charge in [0.25, 0.3) is 0 Å². The van der Waals surface area contributed by atoms with Crippen LogP contribution in [0.25, 0.3) is 10.9 Å². The van der Waals surface area contributed by atoms with Crippen molar-refractivity contribution in [1.29, 1.82) is 0 Å². The highest BCUT2D eigenvalue weighted by molar-refractivity contribution is 5.83. The van der Waals surface area contributed by atoms with Crippen molar-refractivity contribution in [2.24, 2.45) is 5.73 Å². The molecule has 0 spiro atoms. The van der Waals surface area contributed by atoms with Gasteiger partial charge in [-0.2, -0.15) is 0 Å². The largest absolute Gasteiger partial charge is 0.497 e. The van der Waals surface area contributed by atoms with Crippen molar-refractivity contribution in [2.45, 2.75) is 19.3 Å². The highest BCUT2D eigenvalue weighted by Crippen LogP contribution is 2.22. The molecule has 0 fully saturated rings.